The van der Waals surface area contributed by atoms with E-state index >= 15 is 4.39 Å². The number of nitrogens with zero attached hydrogens (tertiary/aromatic N) is 3. The number of allylic oxidation sites excluding steroid dienone is 1. The molecule has 15 heteroatoms. The van der Waals surface area contributed by atoms with Crippen molar-refractivity contribution in [1.82, 2.24) is 9.80 Å². The number of rotatable bonds is 9. The van der Waals surface area contributed by atoms with E-state index in [0.717, 1.165) is 23.9 Å². The number of fused-ring (bicyclic) bond motifs is 2. The van der Waals surface area contributed by atoms with Gasteiger partial charge in [-0.25, -0.2) is 8.78 Å². The van der Waals surface area contributed by atoms with Gasteiger partial charge >= 0.3 is 6.18 Å². The van der Waals surface area contributed by atoms with Crippen LogP contribution in [0.25, 0.3) is 11.1 Å². The third kappa shape index (κ3) is 8.85. The van der Waals surface area contributed by atoms with Gasteiger partial charge in [-0.15, -0.1) is 11.8 Å². The molecule has 3 atom stereocenters. The minimum atomic E-state index is -4.94. The van der Waals surface area contributed by atoms with Crippen LogP contribution >= 0.6 is 23.4 Å². The topological polar surface area (TPSA) is 83.5 Å². The molecule has 1 N–H and O–H groups in total. The summed E-state index contributed by atoms with van der Waals surface area (Å²) < 4.78 is 84.4. The number of amides is 1. The van der Waals surface area contributed by atoms with Crippen molar-refractivity contribution in [3.8, 4) is 11.1 Å². The van der Waals surface area contributed by atoms with Crippen LogP contribution < -0.4 is 5.32 Å². The van der Waals surface area contributed by atoms with Gasteiger partial charge in [0.2, 0.25) is 6.41 Å². The van der Waals surface area contributed by atoms with Gasteiger partial charge in [0.15, 0.2) is 0 Å². The van der Waals surface area contributed by atoms with Crippen molar-refractivity contribution in [2.45, 2.75) is 43.0 Å². The van der Waals surface area contributed by atoms with Crippen LogP contribution in [0.3, 0.4) is 0 Å². The Morgan fingerprint density at radius 2 is 1.80 bits per heavy atom. The van der Waals surface area contributed by atoms with E-state index in [0.29, 0.717) is 38.5 Å². The lowest BCUT2D eigenvalue weighted by molar-refractivity contribution is -0.137. The first-order valence-electron chi connectivity index (χ1n) is 14.2. The van der Waals surface area contributed by atoms with Crippen LogP contribution in [-0.4, -0.2) is 99.3 Å². The summed E-state index contributed by atoms with van der Waals surface area (Å²) in [5, 5.41) is 2.02. The van der Waals surface area contributed by atoms with Gasteiger partial charge in [0.05, 0.1) is 42.1 Å². The molecule has 2 heterocycles. The number of hydrogen-bond donors (Lipinski definition) is 1. The zero-order chi connectivity index (χ0) is 34.2. The number of ether oxygens (including phenoxy) is 2. The van der Waals surface area contributed by atoms with Crippen LogP contribution in [0.4, 0.5) is 27.6 Å². The number of carbonyl (C=O) groups is 2. The number of aldehydes is 1. The summed E-state index contributed by atoms with van der Waals surface area (Å²) in [6.07, 6.45) is -2.76. The lowest BCUT2D eigenvalue weighted by atomic mass is 9.93. The molecule has 8 nitrogen and oxygen atoms in total. The molecule has 1 amide bonds. The summed E-state index contributed by atoms with van der Waals surface area (Å²) in [7, 11) is 3.51. The summed E-state index contributed by atoms with van der Waals surface area (Å²) in [5.41, 5.74) is -2.14. The number of likely N-dealkylation sites (N-methyl/N-ethyl adjacent to an activating group) is 1. The standard InChI is InChI=1S/C28H32ClF5N4O3S.C3H4O/c1-15-11-38(16(2)10-37(15)3)27-19-7-20(28(32,33)34)24(18-8-21(29)23(31)9-22(18)30)26(25(19)35-14-39)42-13-17(36-27)12-41-6-5-40-4;1-2-3-4/h7-9,14-17H,5-6,10-13H2,1-4H3,(H,35,39);2-3H,1H2/t15-,16?,17?;/m1./s1. The van der Waals surface area contributed by atoms with Crippen LogP contribution in [0.1, 0.15) is 25.0 Å². The number of alkyl halides is 3. The number of anilines is 1. The Morgan fingerprint density at radius 3 is 2.41 bits per heavy atom. The van der Waals surface area contributed by atoms with Gasteiger partial charge in [0.25, 0.3) is 0 Å². The summed E-state index contributed by atoms with van der Waals surface area (Å²) in [6, 6.07) is 1.58. The smallest absolute Gasteiger partial charge is 0.382 e. The molecule has 2 unspecified atom stereocenters. The van der Waals surface area contributed by atoms with E-state index in [1.165, 1.54) is 13.2 Å². The molecule has 0 saturated carbocycles. The van der Waals surface area contributed by atoms with Crippen molar-refractivity contribution in [2.24, 2.45) is 4.99 Å². The highest BCUT2D eigenvalue weighted by atomic mass is 35.5. The van der Waals surface area contributed by atoms with Crippen molar-refractivity contribution in [3.63, 3.8) is 0 Å². The normalized spacial score (nSPS) is 20.1. The molecule has 0 radical (unpaired) electrons. The molecule has 252 valence electrons. The number of aliphatic imine (C=N–C) groups is 1. The van der Waals surface area contributed by atoms with Crippen molar-refractivity contribution < 1.29 is 41.0 Å². The minimum absolute atomic E-state index is 0.0300. The summed E-state index contributed by atoms with van der Waals surface area (Å²) in [5.74, 6) is -1.92. The second-order valence-corrected chi connectivity index (χ2v) is 12.1. The summed E-state index contributed by atoms with van der Waals surface area (Å²) in [6.45, 7) is 8.93. The average molecular weight is 691 g/mol. The number of nitrogens with one attached hydrogen (secondary N) is 1. The Kier molecular flexibility index (Phi) is 13.6. The van der Waals surface area contributed by atoms with Crippen LogP contribution in [0.2, 0.25) is 5.02 Å². The number of amidine groups is 1. The van der Waals surface area contributed by atoms with E-state index in [1.54, 1.807) is 0 Å². The molecule has 4 rings (SSSR count). The highest BCUT2D eigenvalue weighted by Gasteiger charge is 2.41. The first kappa shape index (κ1) is 37.4. The molecule has 2 aliphatic heterocycles. The molecular formula is C31H36ClF5N4O4S. The molecule has 2 aliphatic rings. The fraction of sp³-hybridized carbons (Fsp3) is 0.452. The molecule has 0 spiro atoms. The fourth-order valence-corrected chi connectivity index (χ4v) is 6.49. The maximum atomic E-state index is 15.2. The molecular weight excluding hydrogens is 655 g/mol. The van der Waals surface area contributed by atoms with E-state index < -0.39 is 45.6 Å². The first-order chi connectivity index (χ1) is 21.8. The Balaban J connectivity index is 0.00000136. The van der Waals surface area contributed by atoms with Crippen LogP contribution in [0, 0.1) is 11.6 Å². The number of halogens is 6. The summed E-state index contributed by atoms with van der Waals surface area (Å²) >= 11 is 6.89. The van der Waals surface area contributed by atoms with Gasteiger partial charge in [-0.05, 0) is 39.1 Å². The number of carbonyl (C=O) groups excluding carboxylic acids is 2. The number of thioether (sulfide) groups is 1. The Labute approximate surface area is 273 Å². The maximum absolute atomic E-state index is 15.2. The predicted octanol–water partition coefficient (Wildman–Crippen LogP) is 6.15. The molecule has 1 saturated heterocycles. The zero-order valence-corrected chi connectivity index (χ0v) is 27.4. The molecule has 0 aromatic heterocycles. The largest absolute Gasteiger partial charge is 0.417 e. The van der Waals surface area contributed by atoms with Crippen molar-refractivity contribution in [3.05, 3.63) is 58.6 Å². The Hall–Kier alpha value is -3.04. The molecule has 46 heavy (non-hydrogen) atoms. The fourth-order valence-electron chi connectivity index (χ4n) is 5.12. The Bertz CT molecular complexity index is 1440. The minimum Gasteiger partial charge on any atom is -0.382 e. The highest BCUT2D eigenvalue weighted by molar-refractivity contribution is 7.99. The zero-order valence-electron chi connectivity index (χ0n) is 25.8. The van der Waals surface area contributed by atoms with E-state index in [9.17, 15) is 22.4 Å². The third-order valence-corrected chi connectivity index (χ3v) is 8.98. The second-order valence-electron chi connectivity index (χ2n) is 10.7. The van der Waals surface area contributed by atoms with E-state index in [2.05, 4.69) is 16.8 Å². The Morgan fingerprint density at radius 1 is 1.11 bits per heavy atom. The number of methoxy groups -OCH3 is 1. The van der Waals surface area contributed by atoms with Crippen LogP contribution in [0.15, 0.2) is 40.7 Å². The highest BCUT2D eigenvalue weighted by Crippen LogP contribution is 2.49. The van der Waals surface area contributed by atoms with Gasteiger partial charge < -0.3 is 19.7 Å². The number of piperazine rings is 1. The quantitative estimate of drug-likeness (QED) is 0.111. The predicted molar refractivity (Wildman–Crippen MR) is 170 cm³/mol. The van der Waals surface area contributed by atoms with Crippen molar-refractivity contribution in [2.75, 3.05) is 58.1 Å². The molecule has 0 aliphatic carbocycles. The monoisotopic (exact) mass is 690 g/mol. The SMILES string of the molecule is C=CC=O.COCCOCC1CSc2c(NC=O)c(cc(C(F)(F)F)c2-c2cc(Cl)c(F)cc2F)C(N2C[C@@H](C)N(C)CC2C)=N1. The molecule has 2 aromatic carbocycles. The van der Waals surface area contributed by atoms with Crippen molar-refractivity contribution >= 4 is 47.6 Å². The van der Waals surface area contributed by atoms with Gasteiger partial charge in [-0.3, -0.25) is 19.5 Å². The van der Waals surface area contributed by atoms with E-state index in [-0.39, 0.29) is 53.0 Å². The number of benzene rings is 2. The molecule has 2 bridgehead atoms. The summed E-state index contributed by atoms with van der Waals surface area (Å²) in [4.78, 5) is 29.9. The maximum Gasteiger partial charge on any atom is 0.417 e. The number of hydrogen-bond acceptors (Lipinski definition) is 8. The van der Waals surface area contributed by atoms with Crippen LogP contribution in [0.5, 0.6) is 0 Å². The lowest BCUT2D eigenvalue weighted by Gasteiger charge is -2.45. The first-order valence-corrected chi connectivity index (χ1v) is 15.6. The second kappa shape index (κ2) is 16.7. The third-order valence-electron chi connectivity index (χ3n) is 7.44. The lowest BCUT2D eigenvalue weighted by Crippen LogP contribution is -2.57. The van der Waals surface area contributed by atoms with Gasteiger partial charge in [-0.2, -0.15) is 13.2 Å². The molecule has 1 fully saturated rings. The average Bonchev–Trinajstić information content (AvgIpc) is 3.00. The van der Waals surface area contributed by atoms with Gasteiger partial charge in [-0.1, -0.05) is 18.2 Å². The van der Waals surface area contributed by atoms with Crippen molar-refractivity contribution in [1.29, 1.82) is 0 Å². The van der Waals surface area contributed by atoms with E-state index in [1.807, 2.05) is 25.8 Å². The van der Waals surface area contributed by atoms with Crippen LogP contribution in [-0.2, 0) is 25.2 Å². The van der Waals surface area contributed by atoms with Gasteiger partial charge in [0.1, 0.15) is 23.8 Å². The van der Waals surface area contributed by atoms with Gasteiger partial charge in [0, 0.05) is 65.7 Å². The van der Waals surface area contributed by atoms with E-state index in [4.69, 9.17) is 30.9 Å². The molecule has 2 aromatic rings.